The van der Waals surface area contributed by atoms with Crippen molar-refractivity contribution >= 4 is 17.6 Å². The Morgan fingerprint density at radius 1 is 1.15 bits per heavy atom. The van der Waals surface area contributed by atoms with Crippen molar-refractivity contribution < 1.29 is 14.3 Å². The van der Waals surface area contributed by atoms with Gasteiger partial charge in [-0.2, -0.15) is 0 Å². The predicted molar refractivity (Wildman–Crippen MR) is 75.4 cm³/mol. The van der Waals surface area contributed by atoms with Crippen molar-refractivity contribution in [2.45, 2.75) is 6.92 Å². The third kappa shape index (κ3) is 2.05. The molecule has 0 bridgehead atoms. The Balaban J connectivity index is 2.27. The van der Waals surface area contributed by atoms with Crippen LogP contribution in [-0.2, 0) is 9.53 Å². The van der Waals surface area contributed by atoms with Gasteiger partial charge in [-0.1, -0.05) is 18.2 Å². The zero-order valence-corrected chi connectivity index (χ0v) is 11.2. The van der Waals surface area contributed by atoms with Crippen molar-refractivity contribution in [1.82, 2.24) is 4.98 Å². The van der Waals surface area contributed by atoms with Crippen LogP contribution < -0.4 is 4.74 Å². The van der Waals surface area contributed by atoms with Crippen LogP contribution in [0.4, 0.5) is 0 Å². The van der Waals surface area contributed by atoms with E-state index in [4.69, 9.17) is 9.47 Å². The molecule has 2 aromatic rings. The summed E-state index contributed by atoms with van der Waals surface area (Å²) >= 11 is 0. The Labute approximate surface area is 116 Å². The van der Waals surface area contributed by atoms with Gasteiger partial charge in [-0.25, -0.2) is 9.78 Å². The van der Waals surface area contributed by atoms with Gasteiger partial charge >= 0.3 is 5.97 Å². The molecule has 20 heavy (non-hydrogen) atoms. The first-order valence-electron chi connectivity index (χ1n) is 6.24. The number of rotatable bonds is 1. The van der Waals surface area contributed by atoms with Crippen molar-refractivity contribution in [3.8, 4) is 11.5 Å². The van der Waals surface area contributed by atoms with E-state index in [2.05, 4.69) is 4.98 Å². The number of nitrogens with zero attached hydrogens (tertiary/aromatic N) is 1. The third-order valence-corrected chi connectivity index (χ3v) is 3.10. The number of methoxy groups -OCH3 is 1. The van der Waals surface area contributed by atoms with Crippen LogP contribution in [0.1, 0.15) is 17.0 Å². The number of hydrogen-bond donors (Lipinski definition) is 0. The van der Waals surface area contributed by atoms with Crippen LogP contribution in [0.15, 0.2) is 36.4 Å². The number of pyridine rings is 1. The number of fused-ring (bicyclic) bond motifs is 2. The molecule has 0 spiro atoms. The zero-order chi connectivity index (χ0) is 14.1. The molecule has 100 valence electrons. The minimum atomic E-state index is -0.426. The highest BCUT2D eigenvalue weighted by molar-refractivity contribution is 6.22. The van der Waals surface area contributed by atoms with E-state index in [1.54, 1.807) is 6.08 Å². The Hall–Kier alpha value is -2.62. The maximum atomic E-state index is 12.0. The van der Waals surface area contributed by atoms with Crippen LogP contribution in [0.25, 0.3) is 11.6 Å². The van der Waals surface area contributed by atoms with E-state index in [0.29, 0.717) is 22.8 Å². The molecule has 0 atom stereocenters. The summed E-state index contributed by atoms with van der Waals surface area (Å²) in [6.45, 7) is 1.87. The number of carbonyl (C=O) groups excluding carboxylic acids is 1. The van der Waals surface area contributed by atoms with Gasteiger partial charge in [-0.3, -0.25) is 0 Å². The Morgan fingerprint density at radius 2 is 1.95 bits per heavy atom. The highest BCUT2D eigenvalue weighted by atomic mass is 16.5. The maximum absolute atomic E-state index is 12.0. The molecule has 0 amide bonds. The lowest BCUT2D eigenvalue weighted by molar-refractivity contribution is -0.133. The van der Waals surface area contributed by atoms with Gasteiger partial charge in [-0.05, 0) is 31.2 Å². The second-order valence-corrected chi connectivity index (χ2v) is 4.49. The first-order chi connectivity index (χ1) is 9.69. The molecule has 4 heteroatoms. The monoisotopic (exact) mass is 267 g/mol. The van der Waals surface area contributed by atoms with Gasteiger partial charge in [0.1, 0.15) is 11.4 Å². The van der Waals surface area contributed by atoms with Crippen molar-refractivity contribution in [1.29, 1.82) is 0 Å². The lowest BCUT2D eigenvalue weighted by atomic mass is 10.1. The summed E-state index contributed by atoms with van der Waals surface area (Å²) in [7, 11) is 1.36. The molecule has 0 radical (unpaired) electrons. The fourth-order valence-corrected chi connectivity index (χ4v) is 2.12. The maximum Gasteiger partial charge on any atom is 0.340 e. The van der Waals surface area contributed by atoms with E-state index < -0.39 is 5.97 Å². The lowest BCUT2D eigenvalue weighted by Crippen LogP contribution is -2.06. The molecule has 0 fully saturated rings. The number of carbonyl (C=O) groups is 1. The molecule has 0 saturated heterocycles. The average Bonchev–Trinajstić information content (AvgIpc) is 2.63. The first kappa shape index (κ1) is 12.4. The van der Waals surface area contributed by atoms with E-state index in [1.807, 2.05) is 43.3 Å². The van der Waals surface area contributed by atoms with Crippen LogP contribution in [0.2, 0.25) is 0 Å². The Kier molecular flexibility index (Phi) is 2.99. The number of para-hydroxylation sites is 1. The third-order valence-electron chi connectivity index (χ3n) is 3.10. The largest absolute Gasteiger partial charge is 0.465 e. The Morgan fingerprint density at radius 3 is 2.75 bits per heavy atom. The summed E-state index contributed by atoms with van der Waals surface area (Å²) in [6.07, 6.45) is 1.75. The van der Waals surface area contributed by atoms with Gasteiger partial charge in [0.25, 0.3) is 0 Å². The van der Waals surface area contributed by atoms with Crippen LogP contribution >= 0.6 is 0 Å². The molecule has 0 saturated carbocycles. The average molecular weight is 267 g/mol. The summed E-state index contributed by atoms with van der Waals surface area (Å²) in [4.78, 5) is 16.4. The number of aryl methyl sites for hydroxylation is 1. The van der Waals surface area contributed by atoms with Gasteiger partial charge < -0.3 is 9.47 Å². The Bertz CT molecular complexity index is 719. The van der Waals surface area contributed by atoms with Crippen LogP contribution in [0.3, 0.4) is 0 Å². The number of ether oxygens (including phenoxy) is 2. The summed E-state index contributed by atoms with van der Waals surface area (Å²) < 4.78 is 10.7. The molecule has 1 aromatic heterocycles. The van der Waals surface area contributed by atoms with E-state index in [0.717, 1.165) is 11.3 Å². The summed E-state index contributed by atoms with van der Waals surface area (Å²) in [5, 5.41) is 0. The van der Waals surface area contributed by atoms with Crippen molar-refractivity contribution in [3.63, 3.8) is 0 Å². The van der Waals surface area contributed by atoms with Gasteiger partial charge in [0.2, 0.25) is 0 Å². The van der Waals surface area contributed by atoms with Crippen LogP contribution in [0.5, 0.6) is 11.5 Å². The topological polar surface area (TPSA) is 48.4 Å². The fourth-order valence-electron chi connectivity index (χ4n) is 2.12. The van der Waals surface area contributed by atoms with Crippen LogP contribution in [0, 0.1) is 6.92 Å². The van der Waals surface area contributed by atoms with E-state index in [1.165, 1.54) is 7.11 Å². The summed E-state index contributed by atoms with van der Waals surface area (Å²) in [5.74, 6) is 0.820. The fraction of sp³-hybridized carbons (Fsp3) is 0.125. The molecule has 0 unspecified atom stereocenters. The van der Waals surface area contributed by atoms with Gasteiger partial charge in [0.05, 0.1) is 12.7 Å². The van der Waals surface area contributed by atoms with Crippen molar-refractivity contribution in [3.05, 3.63) is 53.3 Å². The minimum absolute atomic E-state index is 0.399. The van der Waals surface area contributed by atoms with Crippen molar-refractivity contribution in [2.75, 3.05) is 7.11 Å². The summed E-state index contributed by atoms with van der Waals surface area (Å²) in [5.41, 5.74) is 2.54. The molecule has 2 heterocycles. The molecule has 0 N–H and O–H groups in total. The van der Waals surface area contributed by atoms with Gasteiger partial charge in [0, 0.05) is 11.3 Å². The SMILES string of the molecule is COC(=O)C1=Cc2ccccc2Oc2ccc(C)nc21. The minimum Gasteiger partial charge on any atom is -0.465 e. The highest BCUT2D eigenvalue weighted by Gasteiger charge is 2.23. The smallest absolute Gasteiger partial charge is 0.340 e. The normalized spacial score (nSPS) is 12.4. The predicted octanol–water partition coefficient (Wildman–Crippen LogP) is 3.21. The van der Waals surface area contributed by atoms with E-state index in [9.17, 15) is 4.79 Å². The number of aromatic nitrogens is 1. The molecule has 3 rings (SSSR count). The molecular weight excluding hydrogens is 254 g/mol. The first-order valence-corrected chi connectivity index (χ1v) is 6.24. The van der Waals surface area contributed by atoms with Crippen LogP contribution in [-0.4, -0.2) is 18.1 Å². The van der Waals surface area contributed by atoms with E-state index >= 15 is 0 Å². The number of hydrogen-bond acceptors (Lipinski definition) is 4. The van der Waals surface area contributed by atoms with Crippen molar-refractivity contribution in [2.24, 2.45) is 0 Å². The second kappa shape index (κ2) is 4.81. The molecule has 0 aliphatic carbocycles. The molecule has 1 aromatic carbocycles. The standard InChI is InChI=1S/C16H13NO3/c1-10-7-8-14-15(17-10)12(16(18)19-2)9-11-5-3-4-6-13(11)20-14/h3-9H,1-2H3. The second-order valence-electron chi connectivity index (χ2n) is 4.49. The zero-order valence-electron chi connectivity index (χ0n) is 11.2. The summed E-state index contributed by atoms with van der Waals surface area (Å²) in [6, 6.07) is 11.2. The highest BCUT2D eigenvalue weighted by Crippen LogP contribution is 2.37. The molecule has 1 aliphatic rings. The number of esters is 1. The van der Waals surface area contributed by atoms with E-state index in [-0.39, 0.29) is 0 Å². The van der Waals surface area contributed by atoms with Gasteiger partial charge in [-0.15, -0.1) is 0 Å². The lowest BCUT2D eigenvalue weighted by Gasteiger charge is -2.09. The van der Waals surface area contributed by atoms with Gasteiger partial charge in [0.15, 0.2) is 5.75 Å². The number of benzene rings is 1. The molecule has 4 nitrogen and oxygen atoms in total. The quantitative estimate of drug-likeness (QED) is 0.744. The molecular formula is C16H13NO3. The molecule has 1 aliphatic heterocycles.